The molecule has 16 heavy (non-hydrogen) atoms. The van der Waals surface area contributed by atoms with E-state index in [0.29, 0.717) is 25.8 Å². The van der Waals surface area contributed by atoms with E-state index in [9.17, 15) is 8.42 Å². The van der Waals surface area contributed by atoms with Crippen LogP contribution in [0.15, 0.2) is 10.4 Å². The van der Waals surface area contributed by atoms with Crippen LogP contribution in [0.25, 0.3) is 0 Å². The van der Waals surface area contributed by atoms with Gasteiger partial charge in [0.1, 0.15) is 0 Å². The number of sulfonamides is 1. The maximum Gasteiger partial charge on any atom is 0.251 e. The number of nitrogens with zero attached hydrogens (tertiary/aromatic N) is 2. The summed E-state index contributed by atoms with van der Waals surface area (Å²) in [5, 5.41) is 9.04. The number of rotatable bonds is 6. The van der Waals surface area contributed by atoms with Crippen LogP contribution in [-0.4, -0.2) is 19.9 Å². The van der Waals surface area contributed by atoms with Crippen LogP contribution in [-0.2, 0) is 10.0 Å². The van der Waals surface area contributed by atoms with Crippen molar-refractivity contribution >= 4 is 21.4 Å². The topological polar surface area (TPSA) is 82.8 Å². The highest BCUT2D eigenvalue weighted by Gasteiger charge is 2.15. The summed E-state index contributed by atoms with van der Waals surface area (Å²) in [6, 6.07) is 2.02. The standard InChI is InChI=1S/C9H13N3O2S2/c1-8-11-7-9(15-8)16(13,14)12-6-4-2-3-5-10/h7,12H,2-4,6H2,1H3. The normalized spacial score (nSPS) is 11.2. The Morgan fingerprint density at radius 1 is 1.56 bits per heavy atom. The molecule has 0 aliphatic carbocycles. The summed E-state index contributed by atoms with van der Waals surface area (Å²) in [6.45, 7) is 2.12. The first-order chi connectivity index (χ1) is 7.56. The Balaban J connectivity index is 2.45. The van der Waals surface area contributed by atoms with Gasteiger partial charge in [-0.25, -0.2) is 18.1 Å². The minimum atomic E-state index is -3.40. The fraction of sp³-hybridized carbons (Fsp3) is 0.556. The summed E-state index contributed by atoms with van der Waals surface area (Å²) in [7, 11) is -3.40. The van der Waals surface area contributed by atoms with E-state index < -0.39 is 10.0 Å². The largest absolute Gasteiger partial charge is 0.251 e. The van der Waals surface area contributed by atoms with Gasteiger partial charge in [-0.15, -0.1) is 11.3 Å². The highest BCUT2D eigenvalue weighted by atomic mass is 32.2. The van der Waals surface area contributed by atoms with Gasteiger partial charge in [0.25, 0.3) is 10.0 Å². The lowest BCUT2D eigenvalue weighted by Gasteiger charge is -2.02. The van der Waals surface area contributed by atoms with E-state index in [1.165, 1.54) is 6.20 Å². The van der Waals surface area contributed by atoms with Gasteiger partial charge in [-0.3, -0.25) is 0 Å². The third-order valence-electron chi connectivity index (χ3n) is 1.87. The fourth-order valence-corrected chi connectivity index (χ4v) is 3.30. The molecule has 0 fully saturated rings. The van der Waals surface area contributed by atoms with Gasteiger partial charge in [0, 0.05) is 13.0 Å². The molecule has 0 saturated heterocycles. The monoisotopic (exact) mass is 259 g/mol. The minimum absolute atomic E-state index is 0.241. The smallest absolute Gasteiger partial charge is 0.249 e. The quantitative estimate of drug-likeness (QED) is 0.783. The Labute approximate surface area is 99.2 Å². The third-order valence-corrected chi connectivity index (χ3v) is 4.71. The van der Waals surface area contributed by atoms with Gasteiger partial charge in [-0.05, 0) is 19.8 Å². The van der Waals surface area contributed by atoms with Crippen LogP contribution >= 0.6 is 11.3 Å². The van der Waals surface area contributed by atoms with Gasteiger partial charge in [0.2, 0.25) is 0 Å². The number of unbranched alkanes of at least 4 members (excludes halogenated alkanes) is 2. The molecule has 1 aromatic rings. The fourth-order valence-electron chi connectivity index (χ4n) is 1.07. The molecule has 1 aromatic heterocycles. The maximum absolute atomic E-state index is 11.7. The Morgan fingerprint density at radius 3 is 2.88 bits per heavy atom. The molecule has 0 spiro atoms. The van der Waals surface area contributed by atoms with Crippen LogP contribution in [0.5, 0.6) is 0 Å². The van der Waals surface area contributed by atoms with Gasteiger partial charge in [0.05, 0.1) is 17.3 Å². The number of nitriles is 1. The first kappa shape index (κ1) is 13.1. The molecule has 0 aliphatic heterocycles. The molecular formula is C9H13N3O2S2. The number of nitrogens with one attached hydrogen (secondary N) is 1. The average Bonchev–Trinajstić information content (AvgIpc) is 2.65. The average molecular weight is 259 g/mol. The van der Waals surface area contributed by atoms with E-state index in [1.807, 2.05) is 6.07 Å². The molecule has 0 aliphatic rings. The maximum atomic E-state index is 11.7. The van der Waals surface area contributed by atoms with E-state index in [4.69, 9.17) is 5.26 Å². The van der Waals surface area contributed by atoms with Gasteiger partial charge < -0.3 is 0 Å². The summed E-state index contributed by atoms with van der Waals surface area (Å²) in [5.74, 6) is 0. The van der Waals surface area contributed by atoms with Crippen molar-refractivity contribution in [1.29, 1.82) is 5.26 Å². The van der Waals surface area contributed by atoms with E-state index in [2.05, 4.69) is 9.71 Å². The summed E-state index contributed by atoms with van der Waals surface area (Å²) in [5.41, 5.74) is 0. The van der Waals surface area contributed by atoms with Crippen LogP contribution in [0.3, 0.4) is 0 Å². The highest BCUT2D eigenvalue weighted by molar-refractivity contribution is 7.91. The lowest BCUT2D eigenvalue weighted by molar-refractivity contribution is 0.579. The van der Waals surface area contributed by atoms with E-state index in [-0.39, 0.29) is 4.21 Å². The number of hydrogen-bond acceptors (Lipinski definition) is 5. The second kappa shape index (κ2) is 5.94. The lowest BCUT2D eigenvalue weighted by atomic mass is 10.2. The summed E-state index contributed by atoms with van der Waals surface area (Å²) in [6.07, 6.45) is 3.20. The van der Waals surface area contributed by atoms with Crippen LogP contribution in [0.2, 0.25) is 0 Å². The Kier molecular flexibility index (Phi) is 4.86. The van der Waals surface area contributed by atoms with Crippen molar-refractivity contribution in [3.63, 3.8) is 0 Å². The number of aromatic nitrogens is 1. The molecule has 88 valence electrons. The van der Waals surface area contributed by atoms with Gasteiger partial charge >= 0.3 is 0 Å². The second-order valence-electron chi connectivity index (χ2n) is 3.21. The zero-order valence-electron chi connectivity index (χ0n) is 8.93. The van der Waals surface area contributed by atoms with Crippen molar-refractivity contribution in [1.82, 2.24) is 9.71 Å². The Hall–Kier alpha value is -0.970. The molecule has 0 saturated carbocycles. The van der Waals surface area contributed by atoms with Crippen molar-refractivity contribution in [2.24, 2.45) is 0 Å². The first-order valence-electron chi connectivity index (χ1n) is 4.85. The summed E-state index contributed by atoms with van der Waals surface area (Å²) >= 11 is 1.15. The number of aryl methyl sites for hydroxylation is 1. The van der Waals surface area contributed by atoms with Gasteiger partial charge in [0.15, 0.2) is 4.21 Å². The second-order valence-corrected chi connectivity index (χ2v) is 6.44. The van der Waals surface area contributed by atoms with Crippen molar-refractivity contribution in [3.05, 3.63) is 11.2 Å². The molecule has 1 rings (SSSR count). The zero-order chi connectivity index (χ0) is 12.0. The molecule has 1 N–H and O–H groups in total. The van der Waals surface area contributed by atoms with Crippen molar-refractivity contribution < 1.29 is 8.42 Å². The molecule has 0 radical (unpaired) electrons. The third kappa shape index (κ3) is 3.89. The molecule has 0 bridgehead atoms. The van der Waals surface area contributed by atoms with E-state index in [1.54, 1.807) is 6.92 Å². The molecule has 0 atom stereocenters. The van der Waals surface area contributed by atoms with Crippen LogP contribution < -0.4 is 4.72 Å². The van der Waals surface area contributed by atoms with E-state index in [0.717, 1.165) is 16.3 Å². The van der Waals surface area contributed by atoms with Crippen molar-refractivity contribution in [2.75, 3.05) is 6.54 Å². The van der Waals surface area contributed by atoms with Crippen LogP contribution in [0, 0.1) is 18.3 Å². The predicted octanol–water partition coefficient (Wildman–Crippen LogP) is 1.42. The molecule has 0 unspecified atom stereocenters. The number of hydrogen-bond donors (Lipinski definition) is 1. The molecular weight excluding hydrogens is 246 g/mol. The lowest BCUT2D eigenvalue weighted by Crippen LogP contribution is -2.23. The molecule has 0 aromatic carbocycles. The van der Waals surface area contributed by atoms with Crippen LogP contribution in [0.1, 0.15) is 24.3 Å². The molecule has 5 nitrogen and oxygen atoms in total. The first-order valence-corrected chi connectivity index (χ1v) is 7.15. The highest BCUT2D eigenvalue weighted by Crippen LogP contribution is 2.17. The molecule has 0 amide bonds. The summed E-state index contributed by atoms with van der Waals surface area (Å²) < 4.78 is 26.1. The SMILES string of the molecule is Cc1ncc(S(=O)(=O)NCCCCC#N)s1. The predicted molar refractivity (Wildman–Crippen MR) is 61.5 cm³/mol. The van der Waals surface area contributed by atoms with Gasteiger partial charge in [-0.1, -0.05) is 0 Å². The van der Waals surface area contributed by atoms with Gasteiger partial charge in [-0.2, -0.15) is 5.26 Å². The molecule has 1 heterocycles. The number of thiazole rings is 1. The van der Waals surface area contributed by atoms with Crippen molar-refractivity contribution in [2.45, 2.75) is 30.4 Å². The zero-order valence-corrected chi connectivity index (χ0v) is 10.6. The van der Waals surface area contributed by atoms with E-state index >= 15 is 0 Å². The van der Waals surface area contributed by atoms with Crippen LogP contribution in [0.4, 0.5) is 0 Å². The molecule has 7 heteroatoms. The van der Waals surface area contributed by atoms with Crippen molar-refractivity contribution in [3.8, 4) is 6.07 Å². The Bertz CT molecular complexity index is 473. The Morgan fingerprint density at radius 2 is 2.31 bits per heavy atom. The minimum Gasteiger partial charge on any atom is -0.249 e. The summed E-state index contributed by atoms with van der Waals surface area (Å²) in [4.78, 5) is 3.90.